The molecule has 3 nitrogen and oxygen atoms in total. The van der Waals surface area contributed by atoms with E-state index in [1.54, 1.807) is 12.1 Å². The number of aromatic carboxylic acids is 1. The summed E-state index contributed by atoms with van der Waals surface area (Å²) in [5, 5.41) is 11.0. The van der Waals surface area contributed by atoms with Crippen LogP contribution < -0.4 is 5.11 Å². The Labute approximate surface area is 124 Å². The second-order valence-electron chi connectivity index (χ2n) is 4.06. The summed E-state index contributed by atoms with van der Waals surface area (Å²) in [5.74, 6) is -1.55. The third-order valence-corrected chi connectivity index (χ3v) is 3.44. The van der Waals surface area contributed by atoms with Crippen LogP contribution in [0.15, 0.2) is 48.5 Å². The summed E-state index contributed by atoms with van der Waals surface area (Å²) in [7, 11) is 0. The molecular weight excluding hydrogens is 355 g/mol. The van der Waals surface area contributed by atoms with E-state index in [-0.39, 0.29) is 23.3 Å². The number of halogens is 1. The van der Waals surface area contributed by atoms with Crippen molar-refractivity contribution in [3.05, 3.63) is 68.8 Å². The zero-order valence-corrected chi connectivity index (χ0v) is 12.1. The van der Waals surface area contributed by atoms with Crippen molar-refractivity contribution in [1.82, 2.24) is 0 Å². The van der Waals surface area contributed by atoms with Crippen LogP contribution in [0.1, 0.15) is 26.3 Å². The van der Waals surface area contributed by atoms with Gasteiger partial charge in [0.2, 0.25) is 0 Å². The Kier molecular flexibility index (Phi) is 4.31. The molecule has 0 aromatic heterocycles. The van der Waals surface area contributed by atoms with Crippen molar-refractivity contribution in [1.29, 1.82) is 0 Å². The van der Waals surface area contributed by atoms with E-state index in [9.17, 15) is 14.7 Å². The fraction of sp³-hybridized carbons (Fsp3) is 0.0667. The average Bonchev–Trinajstić information content (AvgIpc) is 2.41. The molecule has 0 bridgehead atoms. The number of ketones is 1. The van der Waals surface area contributed by atoms with Crippen LogP contribution in [0.2, 0.25) is 0 Å². The van der Waals surface area contributed by atoms with Crippen molar-refractivity contribution < 1.29 is 14.7 Å². The van der Waals surface area contributed by atoms with Crippen LogP contribution in [-0.4, -0.2) is 11.8 Å². The highest BCUT2D eigenvalue weighted by Gasteiger charge is 2.12. The minimum Gasteiger partial charge on any atom is -0.545 e. The topological polar surface area (TPSA) is 57.2 Å². The summed E-state index contributed by atoms with van der Waals surface area (Å²) >= 11 is 2.18. The first kappa shape index (κ1) is 13.7. The molecule has 0 saturated heterocycles. The molecule has 4 heteroatoms. The predicted molar refractivity (Wildman–Crippen MR) is 78.0 cm³/mol. The van der Waals surface area contributed by atoms with Crippen LogP contribution in [0.25, 0.3) is 0 Å². The minimum absolute atomic E-state index is 0.0574. The number of carboxylic acids is 1. The lowest BCUT2D eigenvalue weighted by Gasteiger charge is -2.09. The van der Waals surface area contributed by atoms with Crippen molar-refractivity contribution >= 4 is 34.3 Å². The number of benzene rings is 2. The number of hydrogen-bond donors (Lipinski definition) is 0. The third-order valence-electron chi connectivity index (χ3n) is 2.73. The van der Waals surface area contributed by atoms with Gasteiger partial charge in [-0.25, -0.2) is 0 Å². The molecule has 0 atom stereocenters. The second kappa shape index (κ2) is 5.97. The van der Waals surface area contributed by atoms with Gasteiger partial charge in [-0.05, 0) is 40.3 Å². The summed E-state index contributed by atoms with van der Waals surface area (Å²) in [5.41, 5.74) is 0.998. The van der Waals surface area contributed by atoms with Crippen molar-refractivity contribution in [2.24, 2.45) is 0 Å². The molecule has 0 heterocycles. The van der Waals surface area contributed by atoms with Gasteiger partial charge in [-0.1, -0.05) is 36.4 Å². The Hall–Kier alpha value is -1.69. The molecule has 2 aromatic carbocycles. The Bertz CT molecular complexity index is 618. The van der Waals surface area contributed by atoms with Gasteiger partial charge in [0, 0.05) is 21.1 Å². The molecule has 0 aliphatic carbocycles. The minimum atomic E-state index is -1.33. The van der Waals surface area contributed by atoms with Crippen LogP contribution in [0, 0.1) is 3.57 Å². The molecule has 96 valence electrons. The highest BCUT2D eigenvalue weighted by molar-refractivity contribution is 14.1. The van der Waals surface area contributed by atoms with E-state index in [1.807, 2.05) is 24.3 Å². The van der Waals surface area contributed by atoms with E-state index >= 15 is 0 Å². The quantitative estimate of drug-likeness (QED) is 0.616. The average molecular weight is 365 g/mol. The van der Waals surface area contributed by atoms with Gasteiger partial charge in [0.1, 0.15) is 0 Å². The molecule has 0 fully saturated rings. The second-order valence-corrected chi connectivity index (χ2v) is 5.31. The van der Waals surface area contributed by atoms with Gasteiger partial charge < -0.3 is 9.90 Å². The van der Waals surface area contributed by atoms with E-state index in [2.05, 4.69) is 22.6 Å². The molecule has 0 N–H and O–H groups in total. The van der Waals surface area contributed by atoms with E-state index in [4.69, 9.17) is 0 Å². The first-order chi connectivity index (χ1) is 9.08. The van der Waals surface area contributed by atoms with Crippen LogP contribution >= 0.6 is 22.6 Å². The van der Waals surface area contributed by atoms with Gasteiger partial charge in [0.25, 0.3) is 0 Å². The van der Waals surface area contributed by atoms with Crippen LogP contribution in [0.5, 0.6) is 0 Å². The molecular formula is C15H10IO3-. The monoisotopic (exact) mass is 365 g/mol. The van der Waals surface area contributed by atoms with Crippen molar-refractivity contribution in [2.45, 2.75) is 6.42 Å². The smallest absolute Gasteiger partial charge is 0.167 e. The Morgan fingerprint density at radius 3 is 2.11 bits per heavy atom. The number of carbonyl (C=O) groups is 2. The molecule has 0 radical (unpaired) electrons. The standard InChI is InChI=1S/C15H11IO3/c16-11-7-5-10(6-8-11)9-14(17)12-3-1-2-4-13(12)15(18)19/h1-8H,9H2,(H,18,19)/p-1. The van der Waals surface area contributed by atoms with Gasteiger partial charge in [0.15, 0.2) is 5.78 Å². The van der Waals surface area contributed by atoms with Crippen molar-refractivity contribution in [3.63, 3.8) is 0 Å². The van der Waals surface area contributed by atoms with Gasteiger partial charge in [0.05, 0.1) is 5.97 Å². The van der Waals surface area contributed by atoms with Crippen molar-refractivity contribution in [3.8, 4) is 0 Å². The molecule has 2 rings (SSSR count). The highest BCUT2D eigenvalue weighted by Crippen LogP contribution is 2.13. The highest BCUT2D eigenvalue weighted by atomic mass is 127. The number of rotatable bonds is 4. The Morgan fingerprint density at radius 2 is 1.53 bits per heavy atom. The predicted octanol–water partition coefficient (Wildman–Crippen LogP) is 2.08. The number of Topliss-reactive ketones (excluding diaryl/α,β-unsaturated/α-hetero) is 1. The number of hydrogen-bond acceptors (Lipinski definition) is 3. The van der Waals surface area contributed by atoms with E-state index in [1.165, 1.54) is 12.1 Å². The molecule has 0 aliphatic heterocycles. The third kappa shape index (κ3) is 3.41. The maximum Gasteiger partial charge on any atom is 0.167 e. The SMILES string of the molecule is O=C([O-])c1ccccc1C(=O)Cc1ccc(I)cc1. The summed E-state index contributed by atoms with van der Waals surface area (Å²) in [6.45, 7) is 0. The number of carbonyl (C=O) groups excluding carboxylic acids is 2. The van der Waals surface area contributed by atoms with Gasteiger partial charge in [-0.15, -0.1) is 0 Å². The normalized spacial score (nSPS) is 10.2. The summed E-state index contributed by atoms with van der Waals surface area (Å²) < 4.78 is 1.09. The lowest BCUT2D eigenvalue weighted by Crippen LogP contribution is -2.25. The Balaban J connectivity index is 2.25. The molecule has 0 saturated carbocycles. The molecule has 0 unspecified atom stereocenters. The van der Waals surface area contributed by atoms with Crippen LogP contribution in [0.3, 0.4) is 0 Å². The van der Waals surface area contributed by atoms with Gasteiger partial charge in [-0.2, -0.15) is 0 Å². The molecule has 19 heavy (non-hydrogen) atoms. The molecule has 0 amide bonds. The Morgan fingerprint density at radius 1 is 0.947 bits per heavy atom. The first-order valence-electron chi connectivity index (χ1n) is 5.66. The van der Waals surface area contributed by atoms with E-state index in [0.29, 0.717) is 0 Å². The van der Waals surface area contributed by atoms with E-state index < -0.39 is 5.97 Å². The lowest BCUT2D eigenvalue weighted by molar-refractivity contribution is -0.255. The summed E-state index contributed by atoms with van der Waals surface area (Å²) in [6.07, 6.45) is 0.182. The van der Waals surface area contributed by atoms with Crippen molar-refractivity contribution in [2.75, 3.05) is 0 Å². The number of carboxylic acid groups (broad SMARTS) is 1. The molecule has 2 aromatic rings. The fourth-order valence-electron chi connectivity index (χ4n) is 1.79. The van der Waals surface area contributed by atoms with Gasteiger partial charge >= 0.3 is 0 Å². The molecule has 0 spiro atoms. The summed E-state index contributed by atoms with van der Waals surface area (Å²) in [4.78, 5) is 23.1. The van der Waals surface area contributed by atoms with Crippen LogP contribution in [-0.2, 0) is 6.42 Å². The first-order valence-corrected chi connectivity index (χ1v) is 6.74. The fourth-order valence-corrected chi connectivity index (χ4v) is 2.15. The lowest BCUT2D eigenvalue weighted by atomic mass is 9.98. The molecule has 0 aliphatic rings. The van der Waals surface area contributed by atoms with E-state index in [0.717, 1.165) is 9.13 Å². The van der Waals surface area contributed by atoms with Gasteiger partial charge in [-0.3, -0.25) is 4.79 Å². The summed E-state index contributed by atoms with van der Waals surface area (Å²) in [6, 6.07) is 13.7. The van der Waals surface area contributed by atoms with Crippen LogP contribution in [0.4, 0.5) is 0 Å². The maximum atomic E-state index is 12.1. The zero-order valence-electron chi connectivity index (χ0n) is 9.93. The maximum absolute atomic E-state index is 12.1. The largest absolute Gasteiger partial charge is 0.545 e. The zero-order chi connectivity index (χ0) is 13.8.